The van der Waals surface area contributed by atoms with Crippen molar-refractivity contribution in [2.75, 3.05) is 14.2 Å². The van der Waals surface area contributed by atoms with E-state index in [1.54, 1.807) is 35.7 Å². The van der Waals surface area contributed by atoms with Crippen molar-refractivity contribution >= 4 is 28.7 Å². The summed E-state index contributed by atoms with van der Waals surface area (Å²) in [5, 5.41) is 11.8. The van der Waals surface area contributed by atoms with E-state index in [2.05, 4.69) is 0 Å². The molecule has 6 nitrogen and oxygen atoms in total. The molecule has 0 saturated carbocycles. The number of thiophene rings is 1. The Morgan fingerprint density at radius 2 is 1.83 bits per heavy atom. The Hall–Kier alpha value is -2.80. The molecule has 0 saturated heterocycles. The van der Waals surface area contributed by atoms with Crippen molar-refractivity contribution in [3.05, 3.63) is 51.9 Å². The molecule has 1 aliphatic rings. The number of carbonyl (C=O) groups excluding carboxylic acids is 2. The molecule has 124 valence electrons. The van der Waals surface area contributed by atoms with Crippen molar-refractivity contribution in [2.45, 2.75) is 6.54 Å². The zero-order chi connectivity index (χ0) is 17.3. The van der Waals surface area contributed by atoms with Crippen molar-refractivity contribution in [1.82, 2.24) is 4.90 Å². The first kappa shape index (κ1) is 16.1. The van der Waals surface area contributed by atoms with Gasteiger partial charge in [-0.2, -0.15) is 0 Å². The second kappa shape index (κ2) is 6.37. The largest absolute Gasteiger partial charge is 0.502 e. The lowest BCUT2D eigenvalue weighted by Crippen LogP contribution is -2.31. The fourth-order valence-electron chi connectivity index (χ4n) is 2.51. The van der Waals surface area contributed by atoms with Crippen molar-refractivity contribution in [1.29, 1.82) is 0 Å². The minimum atomic E-state index is -0.696. The van der Waals surface area contributed by atoms with Crippen LogP contribution in [0.15, 0.2) is 41.5 Å². The van der Waals surface area contributed by atoms with E-state index in [1.165, 1.54) is 25.6 Å². The summed E-state index contributed by atoms with van der Waals surface area (Å²) in [6, 6.07) is 8.59. The first-order valence-electron chi connectivity index (χ1n) is 7.11. The van der Waals surface area contributed by atoms with Gasteiger partial charge < -0.3 is 14.6 Å². The molecule has 0 unspecified atom stereocenters. The number of hydrogen-bond donors (Lipinski definition) is 1. The molecular weight excluding hydrogens is 330 g/mol. The zero-order valence-corrected chi connectivity index (χ0v) is 13.9. The second-order valence-electron chi connectivity index (χ2n) is 5.09. The Kier molecular flexibility index (Phi) is 4.26. The lowest BCUT2D eigenvalue weighted by molar-refractivity contribution is -0.138. The van der Waals surface area contributed by atoms with Gasteiger partial charge in [0, 0.05) is 4.88 Å². The quantitative estimate of drug-likeness (QED) is 0.843. The number of amides is 2. The lowest BCUT2D eigenvalue weighted by Gasteiger charge is -2.16. The van der Waals surface area contributed by atoms with Gasteiger partial charge in [0.05, 0.1) is 20.8 Å². The van der Waals surface area contributed by atoms with Gasteiger partial charge in [-0.25, -0.2) is 0 Å². The van der Waals surface area contributed by atoms with E-state index < -0.39 is 17.6 Å². The third kappa shape index (κ3) is 2.63. The summed E-state index contributed by atoms with van der Waals surface area (Å²) < 4.78 is 10.4. The summed E-state index contributed by atoms with van der Waals surface area (Å²) >= 11 is 1.29. The molecule has 3 rings (SSSR count). The molecule has 7 heteroatoms. The van der Waals surface area contributed by atoms with Crippen molar-refractivity contribution in [2.24, 2.45) is 0 Å². The van der Waals surface area contributed by atoms with Crippen LogP contribution in [-0.2, 0) is 16.1 Å². The third-order valence-corrected chi connectivity index (χ3v) is 4.59. The topological polar surface area (TPSA) is 76.1 Å². The lowest BCUT2D eigenvalue weighted by atomic mass is 10.2. The van der Waals surface area contributed by atoms with E-state index in [-0.39, 0.29) is 12.1 Å². The number of benzene rings is 1. The Balaban J connectivity index is 1.87. The number of nitrogens with zero attached hydrogens (tertiary/aromatic N) is 1. The van der Waals surface area contributed by atoms with Gasteiger partial charge in [0.25, 0.3) is 11.8 Å². The predicted octanol–water partition coefficient (Wildman–Crippen LogP) is 2.60. The summed E-state index contributed by atoms with van der Waals surface area (Å²) in [6.45, 7) is 0.0386. The van der Waals surface area contributed by atoms with Crippen LogP contribution in [-0.4, -0.2) is 36.0 Å². The van der Waals surface area contributed by atoms with E-state index in [0.29, 0.717) is 21.9 Å². The van der Waals surface area contributed by atoms with Gasteiger partial charge in [-0.15, -0.1) is 11.3 Å². The van der Waals surface area contributed by atoms with E-state index >= 15 is 0 Å². The van der Waals surface area contributed by atoms with E-state index in [1.807, 2.05) is 0 Å². The standard InChI is InChI=1S/C17H15NO5S/c1-22-11-6-5-10(8-12(11)23-2)9-18-16(20)14(15(19)17(18)21)13-4-3-7-24-13/h3-8,19H,9H2,1-2H3. The number of methoxy groups -OCH3 is 2. The normalized spacial score (nSPS) is 14.5. The molecule has 1 aliphatic heterocycles. The van der Waals surface area contributed by atoms with Crippen LogP contribution in [0, 0.1) is 0 Å². The number of aliphatic hydroxyl groups is 1. The number of imide groups is 1. The van der Waals surface area contributed by atoms with Gasteiger partial charge in [-0.05, 0) is 29.1 Å². The molecule has 0 spiro atoms. The molecule has 0 bridgehead atoms. The molecule has 0 fully saturated rings. The Morgan fingerprint density at radius 1 is 1.08 bits per heavy atom. The van der Waals surface area contributed by atoms with Gasteiger partial charge in [0.15, 0.2) is 17.3 Å². The highest BCUT2D eigenvalue weighted by Gasteiger charge is 2.39. The van der Waals surface area contributed by atoms with Crippen LogP contribution in [0.25, 0.3) is 5.57 Å². The zero-order valence-electron chi connectivity index (χ0n) is 13.1. The van der Waals surface area contributed by atoms with E-state index in [4.69, 9.17) is 9.47 Å². The fraction of sp³-hybridized carbons (Fsp3) is 0.176. The predicted molar refractivity (Wildman–Crippen MR) is 89.0 cm³/mol. The highest BCUT2D eigenvalue weighted by Crippen LogP contribution is 2.33. The molecule has 1 aromatic carbocycles. The second-order valence-corrected chi connectivity index (χ2v) is 6.03. The minimum Gasteiger partial charge on any atom is -0.502 e. The van der Waals surface area contributed by atoms with Gasteiger partial charge >= 0.3 is 0 Å². The SMILES string of the molecule is COc1ccc(CN2C(=O)C(O)=C(c3cccs3)C2=O)cc1OC. The van der Waals surface area contributed by atoms with Crippen LogP contribution in [0.3, 0.4) is 0 Å². The number of rotatable bonds is 5. The van der Waals surface area contributed by atoms with Crippen molar-refractivity contribution < 1.29 is 24.2 Å². The molecule has 1 N–H and O–H groups in total. The molecule has 0 atom stereocenters. The average Bonchev–Trinajstić information content (AvgIpc) is 3.18. The van der Waals surface area contributed by atoms with Crippen LogP contribution in [0.1, 0.15) is 10.4 Å². The van der Waals surface area contributed by atoms with Gasteiger partial charge in [-0.1, -0.05) is 12.1 Å². The molecule has 0 aliphatic carbocycles. The highest BCUT2D eigenvalue weighted by molar-refractivity contribution is 7.11. The maximum atomic E-state index is 12.5. The molecule has 2 amide bonds. The van der Waals surface area contributed by atoms with Crippen molar-refractivity contribution in [3.8, 4) is 11.5 Å². The smallest absolute Gasteiger partial charge is 0.296 e. The minimum absolute atomic E-state index is 0.0386. The van der Waals surface area contributed by atoms with Crippen LogP contribution in [0.5, 0.6) is 11.5 Å². The van der Waals surface area contributed by atoms with E-state index in [0.717, 1.165) is 4.90 Å². The molecule has 2 aromatic rings. The number of ether oxygens (including phenoxy) is 2. The Labute approximate surface area is 142 Å². The molecule has 0 radical (unpaired) electrons. The van der Waals surface area contributed by atoms with Crippen LogP contribution >= 0.6 is 11.3 Å². The van der Waals surface area contributed by atoms with Gasteiger partial charge in [0.2, 0.25) is 0 Å². The van der Waals surface area contributed by atoms with Gasteiger partial charge in [0.1, 0.15) is 5.57 Å². The monoisotopic (exact) mass is 345 g/mol. The maximum absolute atomic E-state index is 12.5. The molecule has 1 aromatic heterocycles. The summed E-state index contributed by atoms with van der Waals surface area (Å²) in [7, 11) is 3.04. The fourth-order valence-corrected chi connectivity index (χ4v) is 3.27. The maximum Gasteiger partial charge on any atom is 0.296 e. The number of hydrogen-bond acceptors (Lipinski definition) is 6. The number of aliphatic hydroxyl groups excluding tert-OH is 1. The first-order chi connectivity index (χ1) is 11.6. The van der Waals surface area contributed by atoms with E-state index in [9.17, 15) is 14.7 Å². The van der Waals surface area contributed by atoms with Crippen molar-refractivity contribution in [3.63, 3.8) is 0 Å². The van der Waals surface area contributed by atoms with Crippen LogP contribution in [0.4, 0.5) is 0 Å². The summed E-state index contributed by atoms with van der Waals surface area (Å²) in [6.07, 6.45) is 0. The van der Waals surface area contributed by atoms with Crippen LogP contribution < -0.4 is 9.47 Å². The average molecular weight is 345 g/mol. The summed E-state index contributed by atoms with van der Waals surface area (Å²) in [5.74, 6) is -0.652. The van der Waals surface area contributed by atoms with Crippen LogP contribution in [0.2, 0.25) is 0 Å². The third-order valence-electron chi connectivity index (χ3n) is 3.70. The number of carbonyl (C=O) groups is 2. The Bertz CT molecular complexity index is 826. The first-order valence-corrected chi connectivity index (χ1v) is 7.99. The highest BCUT2D eigenvalue weighted by atomic mass is 32.1. The molecular formula is C17H15NO5S. The Morgan fingerprint density at radius 3 is 2.46 bits per heavy atom. The van der Waals surface area contributed by atoms with Gasteiger partial charge in [-0.3, -0.25) is 14.5 Å². The molecule has 24 heavy (non-hydrogen) atoms. The summed E-state index contributed by atoms with van der Waals surface area (Å²) in [5.41, 5.74) is 0.741. The molecule has 2 heterocycles. The summed E-state index contributed by atoms with van der Waals surface area (Å²) in [4.78, 5) is 26.4.